The van der Waals surface area contributed by atoms with E-state index in [1.807, 2.05) is 20.8 Å². The van der Waals surface area contributed by atoms with E-state index in [1.165, 1.54) is 38.5 Å². The van der Waals surface area contributed by atoms with Gasteiger partial charge in [-0.15, -0.1) is 0 Å². The second-order valence-electron chi connectivity index (χ2n) is 9.03. The smallest absolute Gasteiger partial charge is 0.407 e. The highest BCUT2D eigenvalue weighted by molar-refractivity contribution is 5.68. The fraction of sp³-hybridized carbons (Fsp3) is 0.947. The van der Waals surface area contributed by atoms with Crippen LogP contribution in [0.4, 0.5) is 4.79 Å². The Hall–Kier alpha value is -0.810. The summed E-state index contributed by atoms with van der Waals surface area (Å²) in [6.45, 7) is 5.73. The Morgan fingerprint density at radius 2 is 1.58 bits per heavy atom. The Kier molecular flexibility index (Phi) is 5.40. The number of ether oxygens (including phenoxy) is 1. The van der Waals surface area contributed by atoms with Crippen molar-refractivity contribution in [3.05, 3.63) is 0 Å². The zero-order chi connectivity index (χ0) is 17.3. The van der Waals surface area contributed by atoms with Crippen LogP contribution in [0, 0.1) is 0 Å². The largest absolute Gasteiger partial charge is 0.444 e. The Labute approximate surface area is 146 Å². The standard InChI is InChI=1S/C19H35N3O2/c1-19(2,3)24-18(23)21-17-10-6-9-16(17)20-13-11-14-7-5-8-15(12-13)22(14)4/h13-17,20H,5-12H2,1-4H3,(H,21,23)/t14-,15-,16-,17+/m0/s1. The summed E-state index contributed by atoms with van der Waals surface area (Å²) >= 11 is 0. The zero-order valence-corrected chi connectivity index (χ0v) is 15.8. The monoisotopic (exact) mass is 337 g/mol. The summed E-state index contributed by atoms with van der Waals surface area (Å²) < 4.78 is 5.43. The van der Waals surface area contributed by atoms with Gasteiger partial charge >= 0.3 is 6.09 Å². The normalized spacial score (nSPS) is 37.2. The van der Waals surface area contributed by atoms with E-state index in [4.69, 9.17) is 4.74 Å². The van der Waals surface area contributed by atoms with Crippen molar-refractivity contribution in [3.8, 4) is 0 Å². The summed E-state index contributed by atoms with van der Waals surface area (Å²) in [5.74, 6) is 0. The lowest BCUT2D eigenvalue weighted by Crippen LogP contribution is -2.58. The lowest BCUT2D eigenvalue weighted by atomic mass is 9.82. The molecule has 5 nitrogen and oxygen atoms in total. The molecule has 0 aromatic heterocycles. The van der Waals surface area contributed by atoms with Gasteiger partial charge in [0.05, 0.1) is 0 Å². The molecule has 2 N–H and O–H groups in total. The lowest BCUT2D eigenvalue weighted by molar-refractivity contribution is 0.0416. The van der Waals surface area contributed by atoms with Crippen LogP contribution in [0.5, 0.6) is 0 Å². The number of rotatable bonds is 3. The molecule has 0 aromatic rings. The van der Waals surface area contributed by atoms with Crippen LogP contribution in [0.3, 0.4) is 0 Å². The first kappa shape index (κ1) is 18.0. The van der Waals surface area contributed by atoms with E-state index >= 15 is 0 Å². The number of carbonyl (C=O) groups is 1. The molecule has 4 atom stereocenters. The molecule has 1 aliphatic carbocycles. The third kappa shape index (κ3) is 4.42. The van der Waals surface area contributed by atoms with Gasteiger partial charge in [-0.2, -0.15) is 0 Å². The van der Waals surface area contributed by atoms with Crippen molar-refractivity contribution in [2.45, 2.75) is 108 Å². The van der Waals surface area contributed by atoms with Crippen molar-refractivity contribution < 1.29 is 9.53 Å². The van der Waals surface area contributed by atoms with Gasteiger partial charge in [-0.3, -0.25) is 0 Å². The number of nitrogens with one attached hydrogen (secondary N) is 2. The number of amides is 1. The molecular weight excluding hydrogens is 302 g/mol. The third-order valence-electron chi connectivity index (χ3n) is 6.01. The first-order valence-corrected chi connectivity index (χ1v) is 9.79. The van der Waals surface area contributed by atoms with Gasteiger partial charge in [0.1, 0.15) is 5.60 Å². The molecule has 0 spiro atoms. The predicted molar refractivity (Wildman–Crippen MR) is 96.1 cm³/mol. The molecule has 3 rings (SSSR count). The van der Waals surface area contributed by atoms with Crippen LogP contribution in [0.25, 0.3) is 0 Å². The molecule has 1 saturated carbocycles. The van der Waals surface area contributed by atoms with Gasteiger partial charge in [-0.25, -0.2) is 4.79 Å². The Morgan fingerprint density at radius 3 is 2.21 bits per heavy atom. The van der Waals surface area contributed by atoms with Gasteiger partial charge in [-0.05, 0) is 72.8 Å². The predicted octanol–water partition coefficient (Wildman–Crippen LogP) is 3.04. The third-order valence-corrected chi connectivity index (χ3v) is 6.01. The van der Waals surface area contributed by atoms with Crippen molar-refractivity contribution in [2.24, 2.45) is 0 Å². The SMILES string of the molecule is CN1[C@H]2CCC[C@H]1CC(N[C@H]1CCC[C@H]1NC(=O)OC(C)(C)C)C2. The van der Waals surface area contributed by atoms with E-state index < -0.39 is 5.60 Å². The van der Waals surface area contributed by atoms with E-state index in [2.05, 4.69) is 22.6 Å². The highest BCUT2D eigenvalue weighted by Gasteiger charge is 2.38. The van der Waals surface area contributed by atoms with Crippen LogP contribution >= 0.6 is 0 Å². The minimum Gasteiger partial charge on any atom is -0.444 e. The zero-order valence-electron chi connectivity index (χ0n) is 15.8. The molecule has 3 fully saturated rings. The van der Waals surface area contributed by atoms with Gasteiger partial charge in [0.25, 0.3) is 0 Å². The highest BCUT2D eigenvalue weighted by Crippen LogP contribution is 2.33. The highest BCUT2D eigenvalue weighted by atomic mass is 16.6. The fourth-order valence-electron chi connectivity index (χ4n) is 4.85. The van der Waals surface area contributed by atoms with E-state index in [-0.39, 0.29) is 12.1 Å². The van der Waals surface area contributed by atoms with Crippen LogP contribution in [-0.4, -0.2) is 53.9 Å². The molecule has 2 aliphatic heterocycles. The maximum Gasteiger partial charge on any atom is 0.407 e. The molecule has 0 unspecified atom stereocenters. The van der Waals surface area contributed by atoms with Crippen LogP contribution in [0.2, 0.25) is 0 Å². The average molecular weight is 338 g/mol. The second kappa shape index (κ2) is 7.20. The molecule has 24 heavy (non-hydrogen) atoms. The molecular formula is C19H35N3O2. The molecule has 5 heteroatoms. The molecule has 138 valence electrons. The van der Waals surface area contributed by atoms with Gasteiger partial charge in [0, 0.05) is 30.2 Å². The van der Waals surface area contributed by atoms with Gasteiger partial charge < -0.3 is 20.3 Å². The van der Waals surface area contributed by atoms with Crippen LogP contribution in [-0.2, 0) is 4.74 Å². The van der Waals surface area contributed by atoms with E-state index in [1.54, 1.807) is 0 Å². The summed E-state index contributed by atoms with van der Waals surface area (Å²) in [5, 5.41) is 6.99. The topological polar surface area (TPSA) is 53.6 Å². The first-order valence-electron chi connectivity index (χ1n) is 9.79. The molecule has 3 aliphatic rings. The number of alkyl carbamates (subject to hydrolysis) is 1. The summed E-state index contributed by atoms with van der Waals surface area (Å²) in [6.07, 6.45) is 9.69. The summed E-state index contributed by atoms with van der Waals surface area (Å²) in [7, 11) is 2.30. The minimum atomic E-state index is -0.434. The number of piperidine rings is 2. The molecule has 1 amide bonds. The van der Waals surface area contributed by atoms with Crippen LogP contribution in [0.15, 0.2) is 0 Å². The molecule has 2 heterocycles. The van der Waals surface area contributed by atoms with Crippen LogP contribution < -0.4 is 10.6 Å². The minimum absolute atomic E-state index is 0.208. The number of hydrogen-bond donors (Lipinski definition) is 2. The summed E-state index contributed by atoms with van der Waals surface area (Å²) in [6, 6.07) is 2.69. The molecule has 0 aromatic carbocycles. The Morgan fingerprint density at radius 1 is 1.00 bits per heavy atom. The second-order valence-corrected chi connectivity index (χ2v) is 9.03. The van der Waals surface area contributed by atoms with E-state index in [0.717, 1.165) is 24.9 Å². The average Bonchev–Trinajstić information content (AvgIpc) is 2.85. The van der Waals surface area contributed by atoms with E-state index in [9.17, 15) is 4.79 Å². The van der Waals surface area contributed by atoms with Crippen molar-refractivity contribution >= 4 is 6.09 Å². The number of fused-ring (bicyclic) bond motifs is 2. The maximum absolute atomic E-state index is 12.1. The number of nitrogens with zero attached hydrogens (tertiary/aromatic N) is 1. The first-order chi connectivity index (χ1) is 11.3. The Bertz CT molecular complexity index is 434. The van der Waals surface area contributed by atoms with Gasteiger partial charge in [-0.1, -0.05) is 6.42 Å². The van der Waals surface area contributed by atoms with Crippen molar-refractivity contribution in [3.63, 3.8) is 0 Å². The van der Waals surface area contributed by atoms with Crippen molar-refractivity contribution in [1.29, 1.82) is 0 Å². The molecule has 2 bridgehead atoms. The lowest BCUT2D eigenvalue weighted by Gasteiger charge is -2.48. The quantitative estimate of drug-likeness (QED) is 0.831. The number of carbonyl (C=O) groups excluding carboxylic acids is 1. The van der Waals surface area contributed by atoms with Crippen LogP contribution in [0.1, 0.15) is 72.1 Å². The fourth-order valence-corrected chi connectivity index (χ4v) is 4.85. The van der Waals surface area contributed by atoms with Gasteiger partial charge in [0.2, 0.25) is 0 Å². The summed E-state index contributed by atoms with van der Waals surface area (Å²) in [4.78, 5) is 14.7. The Balaban J connectivity index is 1.52. The summed E-state index contributed by atoms with van der Waals surface area (Å²) in [5.41, 5.74) is -0.434. The van der Waals surface area contributed by atoms with Crippen molar-refractivity contribution in [2.75, 3.05) is 7.05 Å². The molecule has 0 radical (unpaired) electrons. The van der Waals surface area contributed by atoms with Gasteiger partial charge in [0.15, 0.2) is 0 Å². The van der Waals surface area contributed by atoms with Crippen molar-refractivity contribution in [1.82, 2.24) is 15.5 Å². The maximum atomic E-state index is 12.1. The van der Waals surface area contributed by atoms with E-state index in [0.29, 0.717) is 12.1 Å². The number of hydrogen-bond acceptors (Lipinski definition) is 4. The molecule has 2 saturated heterocycles.